The predicted octanol–water partition coefficient (Wildman–Crippen LogP) is 2.40. The van der Waals surface area contributed by atoms with Gasteiger partial charge in [-0.25, -0.2) is 4.39 Å². The number of carbonyl (C=O) groups excluding carboxylic acids is 1. The molecule has 0 bridgehead atoms. The van der Waals surface area contributed by atoms with Crippen molar-refractivity contribution in [1.82, 2.24) is 0 Å². The fourth-order valence-electron chi connectivity index (χ4n) is 0.818. The van der Waals surface area contributed by atoms with Crippen LogP contribution in [0, 0.1) is 5.92 Å². The van der Waals surface area contributed by atoms with Crippen LogP contribution in [-0.4, -0.2) is 10.4 Å². The average Bonchev–Trinajstić information content (AvgIpc) is 1.85. The Morgan fingerprint density at radius 1 is 1.55 bits per heavy atom. The molecule has 0 aromatic heterocycles. The Kier molecular flexibility index (Phi) is 2.35. The molecule has 0 fully saturated rings. The molecular weight excluding hydrogens is 190 g/mol. The smallest absolute Gasteiger partial charge is 0.233 e. The molecule has 0 amide bonds. The standard InChI is InChI=1S/C7H5Cl2FO/c8-6(11)5-3-1-2-4-7(5,9)10/h1-5H. The number of hydrogen-bond donors (Lipinski definition) is 0. The largest absolute Gasteiger partial charge is 0.280 e. The van der Waals surface area contributed by atoms with Crippen molar-refractivity contribution in [3.63, 3.8) is 0 Å². The third-order valence-corrected chi connectivity index (χ3v) is 1.99. The maximum Gasteiger partial charge on any atom is 0.233 e. The van der Waals surface area contributed by atoms with Crippen LogP contribution in [0.4, 0.5) is 4.39 Å². The number of halogens is 3. The lowest BCUT2D eigenvalue weighted by Gasteiger charge is -2.21. The Balaban J connectivity index is 2.89. The van der Waals surface area contributed by atoms with Crippen LogP contribution in [-0.2, 0) is 4.79 Å². The molecule has 0 N–H and O–H groups in total. The van der Waals surface area contributed by atoms with Crippen LogP contribution in [0.3, 0.4) is 0 Å². The maximum atomic E-state index is 13.1. The highest BCUT2D eigenvalue weighted by Crippen LogP contribution is 2.34. The summed E-state index contributed by atoms with van der Waals surface area (Å²) in [6, 6.07) is 0. The van der Waals surface area contributed by atoms with Gasteiger partial charge < -0.3 is 0 Å². The monoisotopic (exact) mass is 194 g/mol. The van der Waals surface area contributed by atoms with Gasteiger partial charge in [0.05, 0.1) is 0 Å². The van der Waals surface area contributed by atoms with Crippen molar-refractivity contribution in [2.45, 2.75) is 5.13 Å². The third-order valence-electron chi connectivity index (χ3n) is 1.39. The lowest BCUT2D eigenvalue weighted by molar-refractivity contribution is -0.115. The van der Waals surface area contributed by atoms with E-state index in [1.807, 2.05) is 0 Å². The lowest BCUT2D eigenvalue weighted by atomic mass is 10.00. The Hall–Kier alpha value is -0.340. The molecular formula is C7H5Cl2FO. The molecule has 2 unspecified atom stereocenters. The summed E-state index contributed by atoms with van der Waals surface area (Å²) in [6.45, 7) is 0. The minimum absolute atomic E-state index is 0.789. The highest BCUT2D eigenvalue weighted by Gasteiger charge is 2.38. The van der Waals surface area contributed by atoms with Gasteiger partial charge in [0.15, 0.2) is 0 Å². The van der Waals surface area contributed by atoms with Gasteiger partial charge in [-0.1, -0.05) is 29.8 Å². The van der Waals surface area contributed by atoms with Crippen LogP contribution in [0.1, 0.15) is 0 Å². The van der Waals surface area contributed by atoms with Gasteiger partial charge >= 0.3 is 0 Å². The van der Waals surface area contributed by atoms with E-state index in [1.54, 1.807) is 0 Å². The second-order valence-corrected chi connectivity index (χ2v) is 3.15. The molecule has 1 nitrogen and oxygen atoms in total. The number of carbonyl (C=O) groups is 1. The molecule has 0 aromatic carbocycles. The molecule has 4 heteroatoms. The molecule has 60 valence electrons. The van der Waals surface area contributed by atoms with Crippen LogP contribution >= 0.6 is 23.2 Å². The van der Waals surface area contributed by atoms with Crippen LogP contribution in [0.5, 0.6) is 0 Å². The summed E-state index contributed by atoms with van der Waals surface area (Å²) in [5.41, 5.74) is 0. The van der Waals surface area contributed by atoms with Crippen LogP contribution in [0.15, 0.2) is 24.3 Å². The molecule has 0 saturated heterocycles. The van der Waals surface area contributed by atoms with Gasteiger partial charge in [-0.2, -0.15) is 0 Å². The van der Waals surface area contributed by atoms with E-state index in [-0.39, 0.29) is 0 Å². The van der Waals surface area contributed by atoms with Gasteiger partial charge in [-0.3, -0.25) is 4.79 Å². The highest BCUT2D eigenvalue weighted by atomic mass is 35.5. The van der Waals surface area contributed by atoms with Crippen LogP contribution < -0.4 is 0 Å². The lowest BCUT2D eigenvalue weighted by Crippen LogP contribution is -2.28. The van der Waals surface area contributed by atoms with Crippen molar-refractivity contribution in [2.24, 2.45) is 5.92 Å². The summed E-state index contributed by atoms with van der Waals surface area (Å²) in [5, 5.41) is -2.95. The molecule has 1 rings (SSSR count). The maximum absolute atomic E-state index is 13.1. The van der Waals surface area contributed by atoms with Gasteiger partial charge in [0, 0.05) is 0 Å². The molecule has 1 aliphatic carbocycles. The summed E-state index contributed by atoms with van der Waals surface area (Å²) in [5.74, 6) is -1.07. The van der Waals surface area contributed by atoms with E-state index in [0.29, 0.717) is 0 Å². The zero-order valence-electron chi connectivity index (χ0n) is 5.43. The first-order chi connectivity index (χ1) is 5.04. The molecule has 11 heavy (non-hydrogen) atoms. The molecule has 0 spiro atoms. The normalized spacial score (nSPS) is 35.7. The van der Waals surface area contributed by atoms with E-state index in [0.717, 1.165) is 6.08 Å². The Morgan fingerprint density at radius 2 is 2.18 bits per heavy atom. The molecule has 2 atom stereocenters. The summed E-state index contributed by atoms with van der Waals surface area (Å²) >= 11 is 10.4. The summed E-state index contributed by atoms with van der Waals surface area (Å²) in [6.07, 6.45) is 5.40. The second-order valence-electron chi connectivity index (χ2n) is 2.20. The van der Waals surface area contributed by atoms with Crippen molar-refractivity contribution in [3.8, 4) is 0 Å². The van der Waals surface area contributed by atoms with Gasteiger partial charge in [-0.05, 0) is 17.7 Å². The van der Waals surface area contributed by atoms with E-state index in [2.05, 4.69) is 0 Å². The minimum Gasteiger partial charge on any atom is -0.280 e. The number of rotatable bonds is 1. The minimum atomic E-state index is -2.16. The van der Waals surface area contributed by atoms with Crippen molar-refractivity contribution in [3.05, 3.63) is 24.3 Å². The third kappa shape index (κ3) is 1.82. The fraction of sp³-hybridized carbons (Fsp3) is 0.286. The highest BCUT2D eigenvalue weighted by molar-refractivity contribution is 6.64. The van der Waals surface area contributed by atoms with Crippen LogP contribution in [0.2, 0.25) is 0 Å². The molecule has 1 aliphatic rings. The van der Waals surface area contributed by atoms with E-state index in [1.165, 1.54) is 18.2 Å². The van der Waals surface area contributed by atoms with E-state index in [4.69, 9.17) is 23.2 Å². The molecule has 0 aromatic rings. The topological polar surface area (TPSA) is 17.1 Å². The van der Waals surface area contributed by atoms with Crippen LogP contribution in [0.25, 0.3) is 0 Å². The number of alkyl halides is 2. The Bertz CT molecular complexity index is 233. The zero-order chi connectivity index (χ0) is 8.48. The first-order valence-electron chi connectivity index (χ1n) is 2.97. The summed E-state index contributed by atoms with van der Waals surface area (Å²) in [4.78, 5) is 10.6. The number of hydrogen-bond acceptors (Lipinski definition) is 1. The zero-order valence-corrected chi connectivity index (χ0v) is 6.94. The average molecular weight is 195 g/mol. The Labute approximate surface area is 73.5 Å². The number of allylic oxidation sites excluding steroid dienone is 4. The van der Waals surface area contributed by atoms with E-state index < -0.39 is 16.3 Å². The fourth-order valence-corrected chi connectivity index (χ4v) is 1.35. The van der Waals surface area contributed by atoms with E-state index in [9.17, 15) is 9.18 Å². The van der Waals surface area contributed by atoms with Crippen molar-refractivity contribution in [1.29, 1.82) is 0 Å². The van der Waals surface area contributed by atoms with Gasteiger partial charge in [0.2, 0.25) is 10.4 Å². The van der Waals surface area contributed by atoms with Crippen molar-refractivity contribution >= 4 is 28.4 Å². The first kappa shape index (κ1) is 8.75. The SMILES string of the molecule is O=C(Cl)C1C=CC=CC1(F)Cl. The molecule has 0 saturated carbocycles. The second kappa shape index (κ2) is 2.95. The predicted molar refractivity (Wildman–Crippen MR) is 42.3 cm³/mol. The van der Waals surface area contributed by atoms with Gasteiger partial charge in [0.1, 0.15) is 5.92 Å². The van der Waals surface area contributed by atoms with Gasteiger partial charge in [-0.15, -0.1) is 0 Å². The van der Waals surface area contributed by atoms with E-state index >= 15 is 0 Å². The molecule has 0 heterocycles. The van der Waals surface area contributed by atoms with Crippen molar-refractivity contribution in [2.75, 3.05) is 0 Å². The summed E-state index contributed by atoms with van der Waals surface area (Å²) in [7, 11) is 0. The Morgan fingerprint density at radius 3 is 2.55 bits per heavy atom. The van der Waals surface area contributed by atoms with Gasteiger partial charge in [0.25, 0.3) is 0 Å². The first-order valence-corrected chi connectivity index (χ1v) is 3.73. The molecule has 0 aliphatic heterocycles. The molecule has 0 radical (unpaired) electrons. The quantitative estimate of drug-likeness (QED) is 0.463. The summed E-state index contributed by atoms with van der Waals surface area (Å²) < 4.78 is 13.1. The van der Waals surface area contributed by atoms with Crippen molar-refractivity contribution < 1.29 is 9.18 Å².